The van der Waals surface area contributed by atoms with Crippen molar-refractivity contribution < 1.29 is 14.4 Å². The maximum Gasteiger partial charge on any atom is 0.325 e. The minimum atomic E-state index is -0.834. The normalized spacial score (nSPS) is 17.9. The summed E-state index contributed by atoms with van der Waals surface area (Å²) >= 11 is 0. The number of nitrogens with zero attached hydrogens (tertiary/aromatic N) is 3. The van der Waals surface area contributed by atoms with Crippen LogP contribution in [0.4, 0.5) is 4.79 Å². The highest BCUT2D eigenvalue weighted by Crippen LogP contribution is 2.34. The number of carbonyl (C=O) groups excluding carboxylic acids is 3. The summed E-state index contributed by atoms with van der Waals surface area (Å²) in [7, 11) is 0. The Morgan fingerprint density at radius 3 is 2.66 bits per heavy atom. The first-order valence-electron chi connectivity index (χ1n) is 9.83. The Bertz CT molecular complexity index is 1040. The lowest BCUT2D eigenvalue weighted by Gasteiger charge is -2.23. The van der Waals surface area contributed by atoms with Gasteiger partial charge in [-0.05, 0) is 31.9 Å². The van der Waals surface area contributed by atoms with Gasteiger partial charge in [0.1, 0.15) is 17.9 Å². The third-order valence-corrected chi connectivity index (χ3v) is 5.73. The predicted octanol–water partition coefficient (Wildman–Crippen LogP) is 1.14. The minimum absolute atomic E-state index is 0.0875. The molecular formula is C20H23N5O4. The number of urea groups is 1. The van der Waals surface area contributed by atoms with Crippen LogP contribution in [0.1, 0.15) is 38.4 Å². The smallest absolute Gasteiger partial charge is 0.325 e. The molecule has 1 saturated carbocycles. The van der Waals surface area contributed by atoms with Crippen molar-refractivity contribution in [1.82, 2.24) is 25.1 Å². The second-order valence-electron chi connectivity index (χ2n) is 7.55. The van der Waals surface area contributed by atoms with E-state index in [1.807, 2.05) is 0 Å². The van der Waals surface area contributed by atoms with E-state index in [0.29, 0.717) is 36.1 Å². The van der Waals surface area contributed by atoms with Crippen molar-refractivity contribution in [2.45, 2.75) is 44.7 Å². The number of fused-ring (bicyclic) bond motifs is 1. The van der Waals surface area contributed by atoms with Crippen molar-refractivity contribution in [3.63, 3.8) is 0 Å². The fraction of sp³-hybridized carbons (Fsp3) is 0.450. The second-order valence-corrected chi connectivity index (χ2v) is 7.55. The molecule has 1 aliphatic heterocycles. The summed E-state index contributed by atoms with van der Waals surface area (Å²) in [6.45, 7) is 1.91. The Kier molecular flexibility index (Phi) is 4.81. The number of hydrogen-bond donors (Lipinski definition) is 2. The molecule has 29 heavy (non-hydrogen) atoms. The Balaban J connectivity index is 1.50. The molecule has 2 N–H and O–H groups in total. The number of nitrogens with one attached hydrogen (secondary N) is 2. The number of aromatic amines is 1. The van der Waals surface area contributed by atoms with Gasteiger partial charge in [0.2, 0.25) is 5.91 Å². The van der Waals surface area contributed by atoms with Gasteiger partial charge in [0.05, 0.1) is 17.4 Å². The monoisotopic (exact) mass is 397 g/mol. The highest BCUT2D eigenvalue weighted by Gasteiger charge is 2.52. The molecule has 1 aliphatic carbocycles. The van der Waals surface area contributed by atoms with Gasteiger partial charge in [-0.2, -0.15) is 0 Å². The SMILES string of the molecule is CCN(Cc1nc2ccccc2c(=O)[nH]1)C(=O)CN1C(=O)NC2(CCCC2)C1=O. The molecule has 152 valence electrons. The first-order chi connectivity index (χ1) is 13.9. The quantitative estimate of drug-likeness (QED) is 0.734. The van der Waals surface area contributed by atoms with Gasteiger partial charge in [0.25, 0.3) is 11.5 Å². The molecule has 4 rings (SSSR count). The number of benzene rings is 1. The van der Waals surface area contributed by atoms with Gasteiger partial charge in [0.15, 0.2) is 0 Å². The Morgan fingerprint density at radius 2 is 1.93 bits per heavy atom. The summed E-state index contributed by atoms with van der Waals surface area (Å²) in [4.78, 5) is 59.7. The van der Waals surface area contributed by atoms with Gasteiger partial charge < -0.3 is 15.2 Å². The summed E-state index contributed by atoms with van der Waals surface area (Å²) < 4.78 is 0. The van der Waals surface area contributed by atoms with E-state index >= 15 is 0 Å². The molecule has 1 aromatic carbocycles. The zero-order valence-electron chi connectivity index (χ0n) is 16.2. The fourth-order valence-corrected chi connectivity index (χ4v) is 4.14. The van der Waals surface area contributed by atoms with Crippen LogP contribution < -0.4 is 10.9 Å². The van der Waals surface area contributed by atoms with Crippen molar-refractivity contribution in [2.24, 2.45) is 0 Å². The van der Waals surface area contributed by atoms with Gasteiger partial charge in [-0.15, -0.1) is 0 Å². The topological polar surface area (TPSA) is 115 Å². The van der Waals surface area contributed by atoms with Crippen LogP contribution in [0.15, 0.2) is 29.1 Å². The molecule has 9 heteroatoms. The van der Waals surface area contributed by atoms with E-state index in [0.717, 1.165) is 17.7 Å². The van der Waals surface area contributed by atoms with Crippen molar-refractivity contribution in [3.05, 3.63) is 40.4 Å². The number of para-hydroxylation sites is 1. The lowest BCUT2D eigenvalue weighted by molar-refractivity contribution is -0.139. The Labute approximate surface area is 167 Å². The number of imide groups is 1. The van der Waals surface area contributed by atoms with Crippen molar-refractivity contribution in [3.8, 4) is 0 Å². The van der Waals surface area contributed by atoms with E-state index in [2.05, 4.69) is 15.3 Å². The van der Waals surface area contributed by atoms with Gasteiger partial charge in [-0.3, -0.25) is 19.3 Å². The number of aromatic nitrogens is 2. The summed E-state index contributed by atoms with van der Waals surface area (Å²) in [6, 6.07) is 6.46. The molecule has 0 radical (unpaired) electrons. The van der Waals surface area contributed by atoms with Gasteiger partial charge in [-0.25, -0.2) is 9.78 Å². The molecule has 0 bridgehead atoms. The van der Waals surface area contributed by atoms with Crippen LogP contribution in [0.3, 0.4) is 0 Å². The average Bonchev–Trinajstić information content (AvgIpc) is 3.27. The molecule has 0 unspecified atom stereocenters. The van der Waals surface area contributed by atoms with Crippen LogP contribution in [-0.2, 0) is 16.1 Å². The number of amides is 4. The minimum Gasteiger partial charge on any atom is -0.334 e. The van der Waals surface area contributed by atoms with Crippen LogP contribution in [0.2, 0.25) is 0 Å². The standard InChI is InChI=1S/C20H23N5O4/c1-2-24(11-15-21-14-8-4-3-7-13(14)17(27)22-15)16(26)12-25-18(28)20(23-19(25)29)9-5-6-10-20/h3-4,7-8H,2,5-6,9-12H2,1H3,(H,23,29)(H,21,22,27). The van der Waals surface area contributed by atoms with Crippen LogP contribution in [-0.4, -0.2) is 56.2 Å². The number of likely N-dealkylation sites (N-methyl/N-ethyl adjacent to an activating group) is 1. The fourth-order valence-electron chi connectivity index (χ4n) is 4.14. The van der Waals surface area contributed by atoms with E-state index in [4.69, 9.17) is 0 Å². The average molecular weight is 397 g/mol. The second kappa shape index (κ2) is 7.31. The van der Waals surface area contributed by atoms with Gasteiger partial charge in [-0.1, -0.05) is 25.0 Å². The summed E-state index contributed by atoms with van der Waals surface area (Å²) in [5.41, 5.74) is -0.557. The van der Waals surface area contributed by atoms with E-state index in [1.165, 1.54) is 4.90 Å². The zero-order valence-corrected chi connectivity index (χ0v) is 16.2. The van der Waals surface area contributed by atoms with Gasteiger partial charge in [0, 0.05) is 6.54 Å². The Morgan fingerprint density at radius 1 is 1.21 bits per heavy atom. The molecule has 2 heterocycles. The van der Waals surface area contributed by atoms with Crippen LogP contribution >= 0.6 is 0 Å². The molecule has 2 aliphatic rings. The summed E-state index contributed by atoms with van der Waals surface area (Å²) in [5.74, 6) is -0.336. The van der Waals surface area contributed by atoms with Crippen molar-refractivity contribution in [2.75, 3.05) is 13.1 Å². The molecule has 9 nitrogen and oxygen atoms in total. The first-order valence-corrected chi connectivity index (χ1v) is 9.83. The number of rotatable bonds is 5. The molecule has 1 saturated heterocycles. The van der Waals surface area contributed by atoms with E-state index in [-0.39, 0.29) is 30.5 Å². The summed E-state index contributed by atoms with van der Waals surface area (Å²) in [5, 5.41) is 3.25. The highest BCUT2D eigenvalue weighted by atomic mass is 16.2. The number of carbonyl (C=O) groups is 3. The molecule has 1 spiro atoms. The predicted molar refractivity (Wildman–Crippen MR) is 105 cm³/mol. The van der Waals surface area contributed by atoms with E-state index < -0.39 is 11.6 Å². The lowest BCUT2D eigenvalue weighted by Crippen LogP contribution is -2.46. The summed E-state index contributed by atoms with van der Waals surface area (Å²) in [6.07, 6.45) is 3.00. The third-order valence-electron chi connectivity index (χ3n) is 5.73. The number of hydrogen-bond acceptors (Lipinski definition) is 5. The number of H-pyrrole nitrogens is 1. The highest BCUT2D eigenvalue weighted by molar-refractivity contribution is 6.09. The van der Waals surface area contributed by atoms with E-state index in [9.17, 15) is 19.2 Å². The Hall–Kier alpha value is -3.23. The third kappa shape index (κ3) is 3.37. The van der Waals surface area contributed by atoms with Gasteiger partial charge >= 0.3 is 6.03 Å². The molecule has 2 fully saturated rings. The van der Waals surface area contributed by atoms with Crippen LogP contribution in [0, 0.1) is 0 Å². The zero-order chi connectivity index (χ0) is 20.6. The molecular weight excluding hydrogens is 374 g/mol. The maximum atomic E-state index is 12.8. The molecule has 4 amide bonds. The first kappa shape index (κ1) is 19.1. The van der Waals surface area contributed by atoms with Crippen molar-refractivity contribution >= 4 is 28.7 Å². The molecule has 1 aromatic heterocycles. The van der Waals surface area contributed by atoms with Crippen LogP contribution in [0.5, 0.6) is 0 Å². The van der Waals surface area contributed by atoms with E-state index in [1.54, 1.807) is 31.2 Å². The molecule has 2 aromatic rings. The maximum absolute atomic E-state index is 12.8. The van der Waals surface area contributed by atoms with Crippen molar-refractivity contribution in [1.29, 1.82) is 0 Å². The largest absolute Gasteiger partial charge is 0.334 e. The lowest BCUT2D eigenvalue weighted by atomic mass is 9.98. The van der Waals surface area contributed by atoms with Crippen LogP contribution in [0.25, 0.3) is 10.9 Å². The molecule has 0 atom stereocenters.